The Morgan fingerprint density at radius 1 is 1.20 bits per heavy atom. The van der Waals surface area contributed by atoms with Crippen molar-refractivity contribution in [3.63, 3.8) is 0 Å². The minimum absolute atomic E-state index is 0.00996. The van der Waals surface area contributed by atoms with Gasteiger partial charge in [-0.1, -0.05) is 27.7 Å². The van der Waals surface area contributed by atoms with Crippen molar-refractivity contribution in [3.05, 3.63) is 29.7 Å². The lowest BCUT2D eigenvalue weighted by Crippen LogP contribution is -2.37. The maximum atomic E-state index is 13.0. The number of halogens is 3. The highest BCUT2D eigenvalue weighted by molar-refractivity contribution is 5.93. The third-order valence-electron chi connectivity index (χ3n) is 3.73. The van der Waals surface area contributed by atoms with Gasteiger partial charge in [0.2, 0.25) is 0 Å². The summed E-state index contributed by atoms with van der Waals surface area (Å²) >= 11 is 0. The Hall–Kier alpha value is -2.12. The number of nitrogens with zero attached hydrogens (tertiary/aromatic N) is 3. The first kappa shape index (κ1) is 19.2. The number of nitrogens with one attached hydrogen (secondary N) is 1. The minimum atomic E-state index is -4.57. The Kier molecular flexibility index (Phi) is 5.69. The zero-order valence-corrected chi connectivity index (χ0v) is 14.8. The summed E-state index contributed by atoms with van der Waals surface area (Å²) in [7, 11) is 0. The highest BCUT2D eigenvalue weighted by Crippen LogP contribution is 2.29. The molecule has 2 aromatic heterocycles. The lowest BCUT2D eigenvalue weighted by atomic mass is 9.95. The van der Waals surface area contributed by atoms with E-state index in [0.717, 1.165) is 25.1 Å². The second-order valence-electron chi connectivity index (χ2n) is 7.06. The highest BCUT2D eigenvalue weighted by atomic mass is 19.4. The third-order valence-corrected chi connectivity index (χ3v) is 3.73. The Morgan fingerprint density at radius 3 is 2.32 bits per heavy atom. The van der Waals surface area contributed by atoms with Crippen LogP contribution < -0.4 is 5.32 Å². The zero-order valence-electron chi connectivity index (χ0n) is 14.8. The van der Waals surface area contributed by atoms with Crippen LogP contribution in [-0.2, 0) is 6.18 Å². The summed E-state index contributed by atoms with van der Waals surface area (Å²) in [4.78, 5) is 16.3. The van der Waals surface area contributed by atoms with E-state index in [9.17, 15) is 18.0 Å². The predicted octanol–water partition coefficient (Wildman–Crippen LogP) is 3.94. The predicted molar refractivity (Wildman–Crippen MR) is 88.2 cm³/mol. The molecule has 0 saturated carbocycles. The monoisotopic (exact) mass is 356 g/mol. The number of alkyl halides is 3. The van der Waals surface area contributed by atoms with Gasteiger partial charge in [-0.2, -0.15) is 18.3 Å². The number of fused-ring (bicyclic) bond motifs is 1. The SMILES string of the molecule is CC(C)CC(CC(C)C)NC(=O)c1cc2nccc(C(F)(F)F)n2n1. The molecule has 0 fully saturated rings. The van der Waals surface area contributed by atoms with Crippen LogP contribution in [0, 0.1) is 11.8 Å². The first-order valence-electron chi connectivity index (χ1n) is 8.30. The van der Waals surface area contributed by atoms with E-state index in [0.29, 0.717) is 16.4 Å². The molecule has 25 heavy (non-hydrogen) atoms. The van der Waals surface area contributed by atoms with Gasteiger partial charge in [0.1, 0.15) is 5.69 Å². The normalized spacial score (nSPS) is 12.6. The third kappa shape index (κ3) is 4.93. The van der Waals surface area contributed by atoms with E-state index in [1.807, 2.05) is 0 Å². The number of rotatable bonds is 6. The summed E-state index contributed by atoms with van der Waals surface area (Å²) in [5, 5.41) is 6.70. The van der Waals surface area contributed by atoms with Gasteiger partial charge in [-0.05, 0) is 30.7 Å². The Morgan fingerprint density at radius 2 is 1.80 bits per heavy atom. The van der Waals surface area contributed by atoms with E-state index < -0.39 is 17.8 Å². The van der Waals surface area contributed by atoms with E-state index in [4.69, 9.17) is 0 Å². The van der Waals surface area contributed by atoms with Crippen LogP contribution in [0.5, 0.6) is 0 Å². The topological polar surface area (TPSA) is 59.3 Å². The van der Waals surface area contributed by atoms with Gasteiger partial charge >= 0.3 is 6.18 Å². The van der Waals surface area contributed by atoms with Gasteiger partial charge in [0, 0.05) is 18.3 Å². The minimum Gasteiger partial charge on any atom is -0.348 e. The maximum Gasteiger partial charge on any atom is 0.433 e. The lowest BCUT2D eigenvalue weighted by molar-refractivity contribution is -0.142. The van der Waals surface area contributed by atoms with Crippen LogP contribution in [0.2, 0.25) is 0 Å². The Labute approximate surface area is 144 Å². The lowest BCUT2D eigenvalue weighted by Gasteiger charge is -2.22. The molecule has 2 heterocycles. The van der Waals surface area contributed by atoms with E-state index in [-0.39, 0.29) is 17.4 Å². The fourth-order valence-electron chi connectivity index (χ4n) is 2.83. The molecule has 0 aliphatic rings. The second kappa shape index (κ2) is 7.41. The van der Waals surface area contributed by atoms with Crippen LogP contribution in [0.25, 0.3) is 5.65 Å². The number of carbonyl (C=O) groups is 1. The molecular formula is C17H23F3N4O. The fourth-order valence-corrected chi connectivity index (χ4v) is 2.83. The van der Waals surface area contributed by atoms with Crippen molar-refractivity contribution >= 4 is 11.6 Å². The molecule has 1 amide bonds. The quantitative estimate of drug-likeness (QED) is 0.853. The van der Waals surface area contributed by atoms with Crippen LogP contribution in [-0.4, -0.2) is 26.5 Å². The van der Waals surface area contributed by atoms with Crippen molar-refractivity contribution in [1.82, 2.24) is 19.9 Å². The molecule has 2 rings (SSSR count). The molecular weight excluding hydrogens is 333 g/mol. The van der Waals surface area contributed by atoms with Crippen LogP contribution in [0.1, 0.15) is 56.7 Å². The van der Waals surface area contributed by atoms with Gasteiger partial charge in [-0.25, -0.2) is 9.50 Å². The standard InChI is InChI=1S/C17H23F3N4O/c1-10(2)7-12(8-11(3)4)22-16(25)13-9-15-21-6-5-14(17(18,19)20)24(15)23-13/h5-6,9-12H,7-8H2,1-4H3,(H,22,25). The molecule has 0 radical (unpaired) electrons. The first-order chi connectivity index (χ1) is 11.6. The van der Waals surface area contributed by atoms with E-state index in [1.165, 1.54) is 6.07 Å². The van der Waals surface area contributed by atoms with Crippen molar-refractivity contribution in [3.8, 4) is 0 Å². The van der Waals surface area contributed by atoms with E-state index in [1.54, 1.807) is 0 Å². The summed E-state index contributed by atoms with van der Waals surface area (Å²) < 4.78 is 39.8. The van der Waals surface area contributed by atoms with Crippen LogP contribution in [0.4, 0.5) is 13.2 Å². The molecule has 138 valence electrons. The van der Waals surface area contributed by atoms with Gasteiger partial charge in [0.05, 0.1) is 0 Å². The maximum absolute atomic E-state index is 13.0. The molecule has 0 unspecified atom stereocenters. The molecule has 0 aromatic carbocycles. The van der Waals surface area contributed by atoms with Crippen molar-refractivity contribution in [1.29, 1.82) is 0 Å². The van der Waals surface area contributed by atoms with Crippen molar-refractivity contribution in [2.24, 2.45) is 11.8 Å². The molecule has 0 aliphatic carbocycles. The van der Waals surface area contributed by atoms with Crippen molar-refractivity contribution in [2.45, 2.75) is 52.8 Å². The highest BCUT2D eigenvalue weighted by Gasteiger charge is 2.34. The van der Waals surface area contributed by atoms with Crippen LogP contribution >= 0.6 is 0 Å². The average Bonchev–Trinajstić information content (AvgIpc) is 2.88. The molecule has 0 bridgehead atoms. The van der Waals surface area contributed by atoms with E-state index >= 15 is 0 Å². The number of aromatic nitrogens is 3. The molecule has 5 nitrogen and oxygen atoms in total. The van der Waals surface area contributed by atoms with Crippen molar-refractivity contribution < 1.29 is 18.0 Å². The molecule has 8 heteroatoms. The van der Waals surface area contributed by atoms with Crippen LogP contribution in [0.3, 0.4) is 0 Å². The summed E-state index contributed by atoms with van der Waals surface area (Å²) in [6, 6.07) is 2.06. The molecule has 0 saturated heterocycles. The van der Waals surface area contributed by atoms with Gasteiger partial charge in [0.25, 0.3) is 5.91 Å². The number of carbonyl (C=O) groups excluding carboxylic acids is 1. The average molecular weight is 356 g/mol. The van der Waals surface area contributed by atoms with E-state index in [2.05, 4.69) is 43.1 Å². The molecule has 1 N–H and O–H groups in total. The van der Waals surface area contributed by atoms with Crippen molar-refractivity contribution in [2.75, 3.05) is 0 Å². The number of amides is 1. The summed E-state index contributed by atoms with van der Waals surface area (Å²) in [6.07, 6.45) is -1.92. The first-order valence-corrected chi connectivity index (χ1v) is 8.30. The fraction of sp³-hybridized carbons (Fsp3) is 0.588. The second-order valence-corrected chi connectivity index (χ2v) is 7.06. The summed E-state index contributed by atoms with van der Waals surface area (Å²) in [5.74, 6) is 0.303. The van der Waals surface area contributed by atoms with Gasteiger partial charge in [-0.3, -0.25) is 4.79 Å². The molecule has 0 spiro atoms. The van der Waals surface area contributed by atoms with Gasteiger partial charge in [0.15, 0.2) is 11.3 Å². The summed E-state index contributed by atoms with van der Waals surface area (Å²) in [6.45, 7) is 8.24. The van der Waals surface area contributed by atoms with Gasteiger partial charge < -0.3 is 5.32 Å². The zero-order chi connectivity index (χ0) is 18.8. The largest absolute Gasteiger partial charge is 0.433 e. The Balaban J connectivity index is 2.26. The number of hydrogen-bond donors (Lipinski definition) is 1. The smallest absolute Gasteiger partial charge is 0.348 e. The molecule has 2 aromatic rings. The number of hydrogen-bond acceptors (Lipinski definition) is 3. The molecule has 0 aliphatic heterocycles. The van der Waals surface area contributed by atoms with Gasteiger partial charge in [-0.15, -0.1) is 0 Å². The Bertz CT molecular complexity index is 727. The summed E-state index contributed by atoms with van der Waals surface area (Å²) in [5.41, 5.74) is -1.04. The molecule has 0 atom stereocenters. The van der Waals surface area contributed by atoms with Crippen LogP contribution in [0.15, 0.2) is 18.3 Å².